The Morgan fingerprint density at radius 1 is 1.50 bits per heavy atom. The van der Waals surface area contributed by atoms with Gasteiger partial charge in [-0.2, -0.15) is 10.2 Å². The summed E-state index contributed by atoms with van der Waals surface area (Å²) in [6.07, 6.45) is 2.17. The number of ether oxygens (including phenoxy) is 1. The van der Waals surface area contributed by atoms with E-state index in [2.05, 4.69) is 21.1 Å². The molecule has 22 heavy (non-hydrogen) atoms. The van der Waals surface area contributed by atoms with Crippen LogP contribution in [-0.4, -0.2) is 34.7 Å². The van der Waals surface area contributed by atoms with Crippen molar-refractivity contribution in [3.63, 3.8) is 0 Å². The SMILES string of the molecule is Cc1nc([C@@H]2CCCN2CCOc2cccc(C#N)c2)no1. The lowest BCUT2D eigenvalue weighted by Gasteiger charge is -2.21. The van der Waals surface area contributed by atoms with Gasteiger partial charge in [0, 0.05) is 13.5 Å². The van der Waals surface area contributed by atoms with E-state index >= 15 is 0 Å². The fourth-order valence-electron chi connectivity index (χ4n) is 2.77. The Kier molecular flexibility index (Phi) is 4.35. The molecule has 2 aromatic rings. The summed E-state index contributed by atoms with van der Waals surface area (Å²) in [6.45, 7) is 4.19. The van der Waals surface area contributed by atoms with E-state index in [0.29, 0.717) is 18.1 Å². The summed E-state index contributed by atoms with van der Waals surface area (Å²) in [7, 11) is 0. The Hall–Kier alpha value is -2.39. The molecule has 1 aromatic heterocycles. The lowest BCUT2D eigenvalue weighted by Crippen LogP contribution is -2.28. The molecule has 0 N–H and O–H groups in total. The number of hydrogen-bond acceptors (Lipinski definition) is 6. The Morgan fingerprint density at radius 3 is 3.18 bits per heavy atom. The zero-order valence-corrected chi connectivity index (χ0v) is 12.5. The quantitative estimate of drug-likeness (QED) is 0.844. The number of nitrogens with zero attached hydrogens (tertiary/aromatic N) is 4. The van der Waals surface area contributed by atoms with Crippen LogP contribution < -0.4 is 4.74 Å². The highest BCUT2D eigenvalue weighted by Gasteiger charge is 2.29. The molecule has 1 aliphatic heterocycles. The number of nitriles is 1. The molecule has 1 aromatic carbocycles. The molecule has 0 spiro atoms. The first-order valence-corrected chi connectivity index (χ1v) is 7.43. The first-order chi connectivity index (χ1) is 10.8. The van der Waals surface area contributed by atoms with Crippen LogP contribution >= 0.6 is 0 Å². The highest BCUT2D eigenvalue weighted by Crippen LogP contribution is 2.29. The van der Waals surface area contributed by atoms with E-state index < -0.39 is 0 Å². The minimum absolute atomic E-state index is 0.214. The van der Waals surface area contributed by atoms with Crippen LogP contribution in [0.15, 0.2) is 28.8 Å². The third kappa shape index (κ3) is 3.26. The summed E-state index contributed by atoms with van der Waals surface area (Å²) in [5, 5.41) is 12.9. The summed E-state index contributed by atoms with van der Waals surface area (Å²) in [4.78, 5) is 6.65. The predicted octanol–water partition coefficient (Wildman–Crippen LogP) is 2.47. The van der Waals surface area contributed by atoms with Gasteiger partial charge in [-0.3, -0.25) is 4.90 Å². The van der Waals surface area contributed by atoms with Crippen molar-refractivity contribution >= 4 is 0 Å². The van der Waals surface area contributed by atoms with Crippen LogP contribution in [0, 0.1) is 18.3 Å². The smallest absolute Gasteiger partial charge is 0.223 e. The van der Waals surface area contributed by atoms with Crippen LogP contribution in [-0.2, 0) is 0 Å². The molecule has 0 bridgehead atoms. The highest BCUT2D eigenvalue weighted by molar-refractivity contribution is 5.36. The second-order valence-corrected chi connectivity index (χ2v) is 5.35. The van der Waals surface area contributed by atoms with Gasteiger partial charge >= 0.3 is 0 Å². The van der Waals surface area contributed by atoms with Crippen LogP contribution in [0.4, 0.5) is 0 Å². The van der Waals surface area contributed by atoms with E-state index in [0.717, 1.165) is 37.5 Å². The van der Waals surface area contributed by atoms with E-state index in [1.54, 1.807) is 19.1 Å². The third-order valence-electron chi connectivity index (χ3n) is 3.82. The normalized spacial score (nSPS) is 18.3. The molecule has 2 heterocycles. The van der Waals surface area contributed by atoms with Gasteiger partial charge in [-0.15, -0.1) is 0 Å². The Labute approximate surface area is 129 Å². The Morgan fingerprint density at radius 2 is 2.41 bits per heavy atom. The van der Waals surface area contributed by atoms with Crippen molar-refractivity contribution in [3.05, 3.63) is 41.5 Å². The van der Waals surface area contributed by atoms with Crippen LogP contribution in [0.25, 0.3) is 0 Å². The molecule has 6 heteroatoms. The van der Waals surface area contributed by atoms with Gasteiger partial charge in [-0.1, -0.05) is 11.2 Å². The molecule has 1 fully saturated rings. The maximum atomic E-state index is 8.89. The first-order valence-electron chi connectivity index (χ1n) is 7.43. The fourth-order valence-corrected chi connectivity index (χ4v) is 2.77. The molecule has 3 rings (SSSR count). The second-order valence-electron chi connectivity index (χ2n) is 5.35. The summed E-state index contributed by atoms with van der Waals surface area (Å²) >= 11 is 0. The van der Waals surface area contributed by atoms with Crippen LogP contribution in [0.3, 0.4) is 0 Å². The Bertz CT molecular complexity index is 677. The van der Waals surface area contributed by atoms with Gasteiger partial charge in [0.2, 0.25) is 5.89 Å². The lowest BCUT2D eigenvalue weighted by molar-refractivity contribution is 0.190. The van der Waals surface area contributed by atoms with Gasteiger partial charge in [-0.25, -0.2) is 0 Å². The van der Waals surface area contributed by atoms with Crippen molar-refractivity contribution in [2.24, 2.45) is 0 Å². The van der Waals surface area contributed by atoms with Crippen molar-refractivity contribution in [1.29, 1.82) is 5.26 Å². The molecular weight excluding hydrogens is 280 g/mol. The molecule has 114 valence electrons. The molecule has 0 radical (unpaired) electrons. The van der Waals surface area contributed by atoms with Crippen molar-refractivity contribution in [1.82, 2.24) is 15.0 Å². The topological polar surface area (TPSA) is 75.2 Å². The first kappa shape index (κ1) is 14.5. The molecule has 1 saturated heterocycles. The number of hydrogen-bond donors (Lipinski definition) is 0. The van der Waals surface area contributed by atoms with Gasteiger partial charge in [0.05, 0.1) is 17.7 Å². The second kappa shape index (κ2) is 6.58. The predicted molar refractivity (Wildman–Crippen MR) is 79.2 cm³/mol. The zero-order valence-electron chi connectivity index (χ0n) is 12.5. The van der Waals surface area contributed by atoms with E-state index in [1.807, 2.05) is 12.1 Å². The largest absolute Gasteiger partial charge is 0.492 e. The summed E-state index contributed by atoms with van der Waals surface area (Å²) in [5.41, 5.74) is 0.610. The maximum absolute atomic E-state index is 8.89. The zero-order chi connectivity index (χ0) is 15.4. The van der Waals surface area contributed by atoms with Gasteiger partial charge < -0.3 is 9.26 Å². The highest BCUT2D eigenvalue weighted by atomic mass is 16.5. The summed E-state index contributed by atoms with van der Waals surface area (Å²) < 4.78 is 10.8. The minimum Gasteiger partial charge on any atom is -0.492 e. The van der Waals surface area contributed by atoms with E-state index in [9.17, 15) is 0 Å². The number of aromatic nitrogens is 2. The van der Waals surface area contributed by atoms with E-state index in [4.69, 9.17) is 14.5 Å². The van der Waals surface area contributed by atoms with Crippen LogP contribution in [0.5, 0.6) is 5.75 Å². The molecule has 0 aliphatic carbocycles. The van der Waals surface area contributed by atoms with E-state index in [1.165, 1.54) is 0 Å². The van der Waals surface area contributed by atoms with Crippen molar-refractivity contribution < 1.29 is 9.26 Å². The average Bonchev–Trinajstić information content (AvgIpc) is 3.16. The van der Waals surface area contributed by atoms with Gasteiger partial charge in [0.25, 0.3) is 0 Å². The van der Waals surface area contributed by atoms with Crippen LogP contribution in [0.1, 0.15) is 36.2 Å². The van der Waals surface area contributed by atoms with Crippen molar-refractivity contribution in [2.75, 3.05) is 19.7 Å². The summed E-state index contributed by atoms with van der Waals surface area (Å²) in [5.74, 6) is 2.10. The number of likely N-dealkylation sites (tertiary alicyclic amines) is 1. The number of rotatable bonds is 5. The monoisotopic (exact) mass is 298 g/mol. The minimum atomic E-state index is 0.214. The molecule has 1 aliphatic rings. The number of aryl methyl sites for hydroxylation is 1. The van der Waals surface area contributed by atoms with Gasteiger partial charge in [0.15, 0.2) is 5.82 Å². The fraction of sp³-hybridized carbons (Fsp3) is 0.438. The van der Waals surface area contributed by atoms with Crippen molar-refractivity contribution in [3.8, 4) is 11.8 Å². The molecule has 0 unspecified atom stereocenters. The molecular formula is C16H18N4O2. The van der Waals surface area contributed by atoms with Crippen LogP contribution in [0.2, 0.25) is 0 Å². The number of benzene rings is 1. The molecule has 1 atom stereocenters. The maximum Gasteiger partial charge on any atom is 0.223 e. The third-order valence-corrected chi connectivity index (χ3v) is 3.82. The van der Waals surface area contributed by atoms with E-state index in [-0.39, 0.29) is 6.04 Å². The lowest BCUT2D eigenvalue weighted by atomic mass is 10.2. The molecule has 6 nitrogen and oxygen atoms in total. The average molecular weight is 298 g/mol. The molecule has 0 saturated carbocycles. The standard InChI is InChI=1S/C16H18N4O2/c1-12-18-16(19-22-12)15-6-3-7-20(15)8-9-21-14-5-2-4-13(10-14)11-17/h2,4-5,10,15H,3,6-9H2,1H3/t15-/m0/s1. The Balaban J connectivity index is 1.55. The summed E-state index contributed by atoms with van der Waals surface area (Å²) in [6, 6.07) is 9.54. The van der Waals surface area contributed by atoms with Gasteiger partial charge in [-0.05, 0) is 37.6 Å². The van der Waals surface area contributed by atoms with Gasteiger partial charge in [0.1, 0.15) is 12.4 Å². The molecule has 0 amide bonds. The van der Waals surface area contributed by atoms with Crippen molar-refractivity contribution in [2.45, 2.75) is 25.8 Å².